The highest BCUT2D eigenvalue weighted by molar-refractivity contribution is 7.84. The molecule has 3 unspecified atom stereocenters. The summed E-state index contributed by atoms with van der Waals surface area (Å²) >= 11 is 1.75. The van der Waals surface area contributed by atoms with Crippen LogP contribution in [0.25, 0.3) is 0 Å². The van der Waals surface area contributed by atoms with Gasteiger partial charge in [-0.15, -0.1) is 11.3 Å². The van der Waals surface area contributed by atoms with Crippen LogP contribution in [-0.4, -0.2) is 22.3 Å². The van der Waals surface area contributed by atoms with E-state index in [1.807, 2.05) is 0 Å². The van der Waals surface area contributed by atoms with Gasteiger partial charge in [-0.3, -0.25) is 4.21 Å². The van der Waals surface area contributed by atoms with Gasteiger partial charge in [0.15, 0.2) is 0 Å². The normalized spacial score (nSPS) is 17.6. The van der Waals surface area contributed by atoms with Crippen molar-refractivity contribution in [3.63, 3.8) is 0 Å². The van der Waals surface area contributed by atoms with Gasteiger partial charge < -0.3 is 5.32 Å². The first-order valence-electron chi connectivity index (χ1n) is 4.69. The number of nitrogens with one attached hydrogen (secondary N) is 1. The summed E-state index contributed by atoms with van der Waals surface area (Å²) in [4.78, 5) is 1.33. The lowest BCUT2D eigenvalue weighted by molar-refractivity contribution is 0.514. The van der Waals surface area contributed by atoms with Crippen LogP contribution in [0.5, 0.6) is 0 Å². The maximum Gasteiger partial charge on any atom is 0.0388 e. The van der Waals surface area contributed by atoms with Gasteiger partial charge in [-0.05, 0) is 25.3 Å². The van der Waals surface area contributed by atoms with Crippen molar-refractivity contribution in [1.82, 2.24) is 5.32 Å². The van der Waals surface area contributed by atoms with Crippen molar-refractivity contribution < 1.29 is 4.21 Å². The van der Waals surface area contributed by atoms with Crippen LogP contribution in [0.4, 0.5) is 0 Å². The molecule has 1 aromatic heterocycles. The molecule has 0 saturated heterocycles. The van der Waals surface area contributed by atoms with Crippen LogP contribution in [0.1, 0.15) is 24.8 Å². The second kappa shape index (κ2) is 5.63. The topological polar surface area (TPSA) is 29.1 Å². The Labute approximate surface area is 92.2 Å². The summed E-state index contributed by atoms with van der Waals surface area (Å²) in [6.45, 7) is 4.21. The molecule has 0 aliphatic rings. The Hall–Kier alpha value is -0.190. The highest BCUT2D eigenvalue weighted by Gasteiger charge is 2.10. The fourth-order valence-corrected chi connectivity index (χ4v) is 2.99. The van der Waals surface area contributed by atoms with Gasteiger partial charge in [0.25, 0.3) is 0 Å². The molecule has 0 spiro atoms. The smallest absolute Gasteiger partial charge is 0.0388 e. The molecule has 3 atom stereocenters. The zero-order valence-electron chi connectivity index (χ0n) is 8.82. The van der Waals surface area contributed by atoms with Crippen molar-refractivity contribution in [3.8, 4) is 0 Å². The molecule has 1 rings (SSSR count). The maximum atomic E-state index is 11.0. The molecule has 1 heterocycles. The van der Waals surface area contributed by atoms with E-state index in [9.17, 15) is 4.21 Å². The summed E-state index contributed by atoms with van der Waals surface area (Å²) in [5.41, 5.74) is 0. The van der Waals surface area contributed by atoms with Crippen LogP contribution >= 0.6 is 11.3 Å². The van der Waals surface area contributed by atoms with Crippen molar-refractivity contribution in [2.24, 2.45) is 0 Å². The van der Waals surface area contributed by atoms with Crippen LogP contribution in [0, 0.1) is 0 Å². The SMILES string of the molecule is CC(CS(C)=O)NC(C)c1cccs1. The van der Waals surface area contributed by atoms with Crippen molar-refractivity contribution in [3.05, 3.63) is 22.4 Å². The standard InChI is InChI=1S/C10H17NOS2/c1-8(7-14(3)12)11-9(2)10-5-4-6-13-10/h4-6,8-9,11H,7H2,1-3H3. The number of thiophene rings is 1. The average Bonchev–Trinajstić information content (AvgIpc) is 2.53. The van der Waals surface area contributed by atoms with Gasteiger partial charge in [0.2, 0.25) is 0 Å². The molecular weight excluding hydrogens is 214 g/mol. The largest absolute Gasteiger partial charge is 0.306 e. The van der Waals surface area contributed by atoms with Gasteiger partial charge in [0.1, 0.15) is 0 Å². The average molecular weight is 231 g/mol. The molecule has 0 aliphatic carbocycles. The lowest BCUT2D eigenvalue weighted by Gasteiger charge is -2.17. The minimum absolute atomic E-state index is 0.304. The van der Waals surface area contributed by atoms with E-state index in [2.05, 4.69) is 36.7 Å². The van der Waals surface area contributed by atoms with E-state index in [0.717, 1.165) is 5.75 Å². The van der Waals surface area contributed by atoms with Crippen LogP contribution in [0.2, 0.25) is 0 Å². The second-order valence-corrected chi connectivity index (χ2v) is 6.00. The number of hydrogen-bond acceptors (Lipinski definition) is 3. The molecule has 0 fully saturated rings. The first-order chi connectivity index (χ1) is 6.59. The van der Waals surface area contributed by atoms with Crippen molar-refractivity contribution in [1.29, 1.82) is 0 Å². The summed E-state index contributed by atoms with van der Waals surface area (Å²) in [5, 5.41) is 5.51. The third-order valence-electron chi connectivity index (χ3n) is 1.99. The predicted octanol–water partition coefficient (Wildman–Crippen LogP) is 2.17. The first-order valence-corrected chi connectivity index (χ1v) is 7.29. The van der Waals surface area contributed by atoms with E-state index >= 15 is 0 Å². The highest BCUT2D eigenvalue weighted by Crippen LogP contribution is 2.18. The third-order valence-corrected chi connectivity index (χ3v) is 4.01. The molecule has 1 N–H and O–H groups in total. The molecule has 80 valence electrons. The van der Waals surface area contributed by atoms with Gasteiger partial charge in [-0.2, -0.15) is 0 Å². The van der Waals surface area contributed by atoms with Gasteiger partial charge in [-0.1, -0.05) is 6.07 Å². The fraction of sp³-hybridized carbons (Fsp3) is 0.600. The van der Waals surface area contributed by atoms with E-state index < -0.39 is 10.8 Å². The van der Waals surface area contributed by atoms with E-state index in [1.165, 1.54) is 4.88 Å². The molecule has 0 aromatic carbocycles. The zero-order chi connectivity index (χ0) is 10.6. The molecule has 0 radical (unpaired) electrons. The minimum Gasteiger partial charge on any atom is -0.306 e. The zero-order valence-corrected chi connectivity index (χ0v) is 10.5. The van der Waals surface area contributed by atoms with Gasteiger partial charge in [0.05, 0.1) is 0 Å². The summed E-state index contributed by atoms with van der Waals surface area (Å²) < 4.78 is 11.0. The number of rotatable bonds is 5. The fourth-order valence-electron chi connectivity index (χ4n) is 1.45. The Bertz CT molecular complexity index is 284. The maximum absolute atomic E-state index is 11.0. The Morgan fingerprint density at radius 1 is 1.57 bits per heavy atom. The minimum atomic E-state index is -0.718. The number of hydrogen-bond donors (Lipinski definition) is 1. The lowest BCUT2D eigenvalue weighted by atomic mass is 10.2. The summed E-state index contributed by atoms with van der Waals surface area (Å²) in [6, 6.07) is 4.84. The van der Waals surface area contributed by atoms with Gasteiger partial charge in [-0.25, -0.2) is 0 Å². The molecule has 2 nitrogen and oxygen atoms in total. The second-order valence-electron chi connectivity index (χ2n) is 3.54. The molecule has 0 amide bonds. The van der Waals surface area contributed by atoms with Crippen LogP contribution < -0.4 is 5.32 Å². The summed E-state index contributed by atoms with van der Waals surface area (Å²) in [7, 11) is -0.718. The monoisotopic (exact) mass is 231 g/mol. The Kier molecular flexibility index (Phi) is 4.78. The molecule has 1 aromatic rings. The van der Waals surface area contributed by atoms with Crippen LogP contribution in [0.15, 0.2) is 17.5 Å². The van der Waals surface area contributed by atoms with E-state index in [4.69, 9.17) is 0 Å². The van der Waals surface area contributed by atoms with E-state index in [1.54, 1.807) is 17.6 Å². The van der Waals surface area contributed by atoms with Crippen molar-refractivity contribution in [2.45, 2.75) is 25.9 Å². The summed E-state index contributed by atoms with van der Waals surface area (Å²) in [5.74, 6) is 0.718. The molecule has 14 heavy (non-hydrogen) atoms. The third kappa shape index (κ3) is 3.90. The van der Waals surface area contributed by atoms with Gasteiger partial charge >= 0.3 is 0 Å². The Morgan fingerprint density at radius 2 is 2.29 bits per heavy atom. The summed E-state index contributed by atoms with van der Waals surface area (Å²) in [6.07, 6.45) is 1.74. The van der Waals surface area contributed by atoms with Gasteiger partial charge in [0, 0.05) is 39.8 Å². The van der Waals surface area contributed by atoms with E-state index in [-0.39, 0.29) is 0 Å². The highest BCUT2D eigenvalue weighted by atomic mass is 32.2. The van der Waals surface area contributed by atoms with Crippen molar-refractivity contribution in [2.75, 3.05) is 12.0 Å². The molecule has 0 aliphatic heterocycles. The Morgan fingerprint density at radius 3 is 2.79 bits per heavy atom. The molecule has 0 bridgehead atoms. The molecule has 4 heteroatoms. The predicted molar refractivity (Wildman–Crippen MR) is 64.3 cm³/mol. The Balaban J connectivity index is 2.41. The van der Waals surface area contributed by atoms with Crippen molar-refractivity contribution >= 4 is 22.1 Å². The molecule has 0 saturated carbocycles. The van der Waals surface area contributed by atoms with E-state index in [0.29, 0.717) is 12.1 Å². The van der Waals surface area contributed by atoms with Crippen LogP contribution in [0.3, 0.4) is 0 Å². The van der Waals surface area contributed by atoms with Crippen LogP contribution in [-0.2, 0) is 10.8 Å². The quantitative estimate of drug-likeness (QED) is 0.841. The molecular formula is C10H17NOS2. The lowest BCUT2D eigenvalue weighted by Crippen LogP contribution is -2.32. The first kappa shape index (κ1) is 11.9.